The van der Waals surface area contributed by atoms with Gasteiger partial charge in [-0.2, -0.15) is 0 Å². The molecule has 1 rings (SSSR count). The molecule has 0 aliphatic rings. The van der Waals surface area contributed by atoms with Crippen LogP contribution < -0.4 is 11.5 Å². The van der Waals surface area contributed by atoms with Gasteiger partial charge in [0.2, 0.25) is 0 Å². The maximum Gasteiger partial charge on any atom is 0.0547 e. The molecule has 0 aromatic heterocycles. The van der Waals surface area contributed by atoms with Crippen LogP contribution in [0.15, 0.2) is 24.3 Å². The third-order valence-corrected chi connectivity index (χ3v) is 0.996. The molecule has 9 heavy (non-hydrogen) atoms. The van der Waals surface area contributed by atoms with Gasteiger partial charge in [0.15, 0.2) is 0 Å². The smallest absolute Gasteiger partial charge is 0.0547 e. The molecular formula is C6H8N2Pt. The Hall–Kier alpha value is -0.492. The Bertz CT molecular complexity index is 167. The third kappa shape index (κ3) is 2.06. The predicted molar refractivity (Wildman–Crippen MR) is 35.3 cm³/mol. The molecule has 0 radical (unpaired) electrons. The van der Waals surface area contributed by atoms with Gasteiger partial charge in [0.1, 0.15) is 0 Å². The van der Waals surface area contributed by atoms with Gasteiger partial charge in [0, 0.05) is 21.1 Å². The SMILES string of the molecule is Nc1ccccc1N.[Pt]. The van der Waals surface area contributed by atoms with E-state index in [4.69, 9.17) is 11.5 Å². The second kappa shape index (κ2) is 3.52. The topological polar surface area (TPSA) is 52.0 Å². The standard InChI is InChI=1S/C6H8N2.Pt/c7-5-3-1-2-4-6(5)8;/h1-4H,7-8H2;. The summed E-state index contributed by atoms with van der Waals surface area (Å²) in [4.78, 5) is 0. The maximum atomic E-state index is 5.39. The van der Waals surface area contributed by atoms with E-state index in [1.807, 2.05) is 12.1 Å². The average molecular weight is 303 g/mol. The van der Waals surface area contributed by atoms with Crippen LogP contribution in [-0.4, -0.2) is 0 Å². The summed E-state index contributed by atoms with van der Waals surface area (Å²) in [5, 5.41) is 0. The van der Waals surface area contributed by atoms with E-state index < -0.39 is 0 Å². The van der Waals surface area contributed by atoms with Crippen molar-refractivity contribution in [1.29, 1.82) is 0 Å². The zero-order chi connectivity index (χ0) is 5.98. The number of para-hydroxylation sites is 2. The van der Waals surface area contributed by atoms with Crippen LogP contribution in [0, 0.1) is 0 Å². The van der Waals surface area contributed by atoms with E-state index in [0.29, 0.717) is 11.4 Å². The fourth-order valence-corrected chi connectivity index (χ4v) is 0.511. The molecule has 0 aliphatic carbocycles. The quantitative estimate of drug-likeness (QED) is 0.698. The van der Waals surface area contributed by atoms with Crippen molar-refractivity contribution >= 4 is 11.4 Å². The molecule has 3 heteroatoms. The normalized spacial score (nSPS) is 8.00. The van der Waals surface area contributed by atoms with Gasteiger partial charge in [-0.05, 0) is 12.1 Å². The summed E-state index contributed by atoms with van der Waals surface area (Å²) in [6.45, 7) is 0. The average Bonchev–Trinajstić information content (AvgIpc) is 1.77. The second-order valence-corrected chi connectivity index (χ2v) is 1.63. The van der Waals surface area contributed by atoms with Crippen molar-refractivity contribution in [1.82, 2.24) is 0 Å². The molecule has 0 bridgehead atoms. The van der Waals surface area contributed by atoms with Gasteiger partial charge < -0.3 is 11.5 Å². The van der Waals surface area contributed by atoms with E-state index in [-0.39, 0.29) is 21.1 Å². The summed E-state index contributed by atoms with van der Waals surface area (Å²) in [7, 11) is 0. The van der Waals surface area contributed by atoms with Crippen LogP contribution >= 0.6 is 0 Å². The number of hydrogen-bond acceptors (Lipinski definition) is 2. The van der Waals surface area contributed by atoms with Crippen molar-refractivity contribution in [3.05, 3.63) is 24.3 Å². The van der Waals surface area contributed by atoms with Gasteiger partial charge in [-0.15, -0.1) is 0 Å². The number of nitrogens with two attached hydrogens (primary N) is 2. The first-order chi connectivity index (χ1) is 3.80. The Morgan fingerprint density at radius 1 is 0.889 bits per heavy atom. The van der Waals surface area contributed by atoms with Gasteiger partial charge in [0.25, 0.3) is 0 Å². The second-order valence-electron chi connectivity index (χ2n) is 1.63. The Balaban J connectivity index is 0.000000640. The molecule has 1 aromatic rings. The molecule has 0 aliphatic heterocycles. The minimum atomic E-state index is 0. The molecule has 0 unspecified atom stereocenters. The number of nitrogen functional groups attached to an aromatic ring is 2. The van der Waals surface area contributed by atoms with Gasteiger partial charge in [0.05, 0.1) is 11.4 Å². The van der Waals surface area contributed by atoms with Crippen LogP contribution in [0.2, 0.25) is 0 Å². The molecular weight excluding hydrogens is 295 g/mol. The van der Waals surface area contributed by atoms with Crippen LogP contribution in [0.5, 0.6) is 0 Å². The first kappa shape index (κ1) is 8.51. The Labute approximate surface area is 68.5 Å². The van der Waals surface area contributed by atoms with Crippen molar-refractivity contribution in [2.75, 3.05) is 11.5 Å². The number of anilines is 2. The largest absolute Gasteiger partial charge is 0.397 e. The third-order valence-electron chi connectivity index (χ3n) is 0.996. The molecule has 1 aromatic carbocycles. The molecule has 0 saturated heterocycles. The maximum absolute atomic E-state index is 5.39. The van der Waals surface area contributed by atoms with E-state index in [2.05, 4.69) is 0 Å². The zero-order valence-corrected chi connectivity index (χ0v) is 7.05. The van der Waals surface area contributed by atoms with E-state index in [9.17, 15) is 0 Å². The van der Waals surface area contributed by atoms with Crippen molar-refractivity contribution in [2.24, 2.45) is 0 Å². The van der Waals surface area contributed by atoms with Crippen molar-refractivity contribution in [3.8, 4) is 0 Å². The van der Waals surface area contributed by atoms with Crippen LogP contribution in [-0.2, 0) is 21.1 Å². The molecule has 2 nitrogen and oxygen atoms in total. The molecule has 0 heterocycles. The van der Waals surface area contributed by atoms with Crippen LogP contribution in [0.3, 0.4) is 0 Å². The van der Waals surface area contributed by atoms with E-state index in [1.165, 1.54) is 0 Å². The number of rotatable bonds is 0. The van der Waals surface area contributed by atoms with Crippen LogP contribution in [0.1, 0.15) is 0 Å². The minimum absolute atomic E-state index is 0. The van der Waals surface area contributed by atoms with Gasteiger partial charge in [-0.3, -0.25) is 0 Å². The number of hydrogen-bond donors (Lipinski definition) is 2. The predicted octanol–water partition coefficient (Wildman–Crippen LogP) is 0.849. The van der Waals surface area contributed by atoms with Crippen molar-refractivity contribution < 1.29 is 21.1 Å². The fourth-order valence-electron chi connectivity index (χ4n) is 0.511. The molecule has 0 atom stereocenters. The summed E-state index contributed by atoms with van der Waals surface area (Å²) < 4.78 is 0. The molecule has 4 N–H and O–H groups in total. The Morgan fingerprint density at radius 2 is 1.22 bits per heavy atom. The van der Waals surface area contributed by atoms with Crippen LogP contribution in [0.25, 0.3) is 0 Å². The van der Waals surface area contributed by atoms with Gasteiger partial charge in [-0.1, -0.05) is 12.1 Å². The zero-order valence-electron chi connectivity index (χ0n) is 4.78. The summed E-state index contributed by atoms with van der Waals surface area (Å²) in [5.41, 5.74) is 12.1. The summed E-state index contributed by atoms with van der Waals surface area (Å²) in [6, 6.07) is 7.25. The Morgan fingerprint density at radius 3 is 1.44 bits per heavy atom. The van der Waals surface area contributed by atoms with E-state index >= 15 is 0 Å². The van der Waals surface area contributed by atoms with E-state index in [0.717, 1.165) is 0 Å². The number of benzene rings is 1. The first-order valence-corrected chi connectivity index (χ1v) is 2.40. The minimum Gasteiger partial charge on any atom is -0.397 e. The van der Waals surface area contributed by atoms with Crippen molar-refractivity contribution in [2.45, 2.75) is 0 Å². The molecule has 0 saturated carbocycles. The summed E-state index contributed by atoms with van der Waals surface area (Å²) in [6.07, 6.45) is 0. The van der Waals surface area contributed by atoms with Gasteiger partial charge >= 0.3 is 0 Å². The van der Waals surface area contributed by atoms with E-state index in [1.54, 1.807) is 12.1 Å². The summed E-state index contributed by atoms with van der Waals surface area (Å²) in [5.74, 6) is 0. The monoisotopic (exact) mass is 303 g/mol. The molecule has 52 valence electrons. The fraction of sp³-hybridized carbons (Fsp3) is 0. The Kier molecular flexibility index (Phi) is 3.33. The van der Waals surface area contributed by atoms with Gasteiger partial charge in [-0.25, -0.2) is 0 Å². The first-order valence-electron chi connectivity index (χ1n) is 2.40. The molecule has 0 amide bonds. The van der Waals surface area contributed by atoms with Crippen molar-refractivity contribution in [3.63, 3.8) is 0 Å². The molecule has 0 fully saturated rings. The summed E-state index contributed by atoms with van der Waals surface area (Å²) >= 11 is 0. The van der Waals surface area contributed by atoms with Crippen LogP contribution in [0.4, 0.5) is 11.4 Å². The molecule has 0 spiro atoms.